The second kappa shape index (κ2) is 8.39. The van der Waals surface area contributed by atoms with Crippen molar-refractivity contribution in [3.05, 3.63) is 62.7 Å². The number of nitrogens with one attached hydrogen (secondary N) is 1. The van der Waals surface area contributed by atoms with Crippen LogP contribution in [0.4, 0.5) is 11.5 Å². The Hall–Kier alpha value is -2.48. The van der Waals surface area contributed by atoms with Crippen LogP contribution in [0.2, 0.25) is 0 Å². The summed E-state index contributed by atoms with van der Waals surface area (Å²) >= 11 is 3.31. The summed E-state index contributed by atoms with van der Waals surface area (Å²) in [5, 5.41) is 13.7. The molecule has 0 saturated carbocycles. The van der Waals surface area contributed by atoms with Crippen molar-refractivity contribution in [2.45, 2.75) is 19.4 Å². The third-order valence-corrected chi connectivity index (χ3v) is 3.77. The summed E-state index contributed by atoms with van der Waals surface area (Å²) in [5.41, 5.74) is 0.391. The molecule has 0 bridgehead atoms. The molecule has 7 nitrogen and oxygen atoms in total. The zero-order valence-electron chi connectivity index (χ0n) is 12.9. The van der Waals surface area contributed by atoms with Gasteiger partial charge in [0.1, 0.15) is 18.6 Å². The number of anilines is 1. The lowest BCUT2D eigenvalue weighted by molar-refractivity contribution is -0.385. The maximum absolute atomic E-state index is 12.0. The minimum absolute atomic E-state index is 0.0744. The first-order valence-electron chi connectivity index (χ1n) is 7.29. The van der Waals surface area contributed by atoms with Gasteiger partial charge < -0.3 is 10.1 Å². The number of hydrogen-bond acceptors (Lipinski definition) is 6. The Morgan fingerprint density at radius 2 is 2.21 bits per heavy atom. The van der Waals surface area contributed by atoms with Gasteiger partial charge in [0.25, 0.3) is 5.69 Å². The molecular formula is C16H16BrN3O4. The van der Waals surface area contributed by atoms with Gasteiger partial charge in [-0.15, -0.1) is 0 Å². The van der Waals surface area contributed by atoms with Crippen LogP contribution in [0.3, 0.4) is 0 Å². The standard InChI is InChI=1S/C16H16BrN3O4/c1-2-13(19-15-7-6-14(9-18-15)20(22)23)10-24-16(21)11-4-3-5-12(17)8-11/h3-9,13H,2,10H2,1H3,(H,18,19). The Bertz CT molecular complexity index is 722. The molecular weight excluding hydrogens is 378 g/mol. The van der Waals surface area contributed by atoms with Crippen LogP contribution < -0.4 is 5.32 Å². The van der Waals surface area contributed by atoms with E-state index in [0.717, 1.165) is 4.47 Å². The average Bonchev–Trinajstić information content (AvgIpc) is 2.58. The Morgan fingerprint density at radius 1 is 1.42 bits per heavy atom. The first-order chi connectivity index (χ1) is 11.5. The zero-order chi connectivity index (χ0) is 17.5. The van der Waals surface area contributed by atoms with Crippen LogP contribution >= 0.6 is 15.9 Å². The van der Waals surface area contributed by atoms with Gasteiger partial charge in [-0.3, -0.25) is 10.1 Å². The molecule has 8 heteroatoms. The third-order valence-electron chi connectivity index (χ3n) is 3.28. The maximum Gasteiger partial charge on any atom is 0.338 e. The molecule has 0 spiro atoms. The van der Waals surface area contributed by atoms with Gasteiger partial charge >= 0.3 is 5.97 Å². The van der Waals surface area contributed by atoms with E-state index in [4.69, 9.17) is 4.74 Å². The van der Waals surface area contributed by atoms with E-state index in [2.05, 4.69) is 26.2 Å². The number of benzene rings is 1. The molecule has 0 aliphatic rings. The van der Waals surface area contributed by atoms with Crippen LogP contribution in [-0.2, 0) is 4.74 Å². The summed E-state index contributed by atoms with van der Waals surface area (Å²) in [7, 11) is 0. The molecule has 0 radical (unpaired) electrons. The number of halogens is 1. The summed E-state index contributed by atoms with van der Waals surface area (Å²) in [6, 6.07) is 9.71. The van der Waals surface area contributed by atoms with E-state index < -0.39 is 10.9 Å². The quantitative estimate of drug-likeness (QED) is 0.436. The number of hydrogen-bond donors (Lipinski definition) is 1. The van der Waals surface area contributed by atoms with E-state index in [1.807, 2.05) is 13.0 Å². The number of carbonyl (C=O) groups is 1. The van der Waals surface area contributed by atoms with Crippen molar-refractivity contribution < 1.29 is 14.5 Å². The minimum atomic E-state index is -0.506. The highest BCUT2D eigenvalue weighted by atomic mass is 79.9. The lowest BCUT2D eigenvalue weighted by Crippen LogP contribution is -2.26. The highest BCUT2D eigenvalue weighted by Gasteiger charge is 2.13. The molecule has 0 aliphatic heterocycles. The van der Waals surface area contributed by atoms with E-state index in [9.17, 15) is 14.9 Å². The Kier molecular flexibility index (Phi) is 6.25. The number of ether oxygens (including phenoxy) is 1. The number of aromatic nitrogens is 1. The zero-order valence-corrected chi connectivity index (χ0v) is 14.5. The Morgan fingerprint density at radius 3 is 2.79 bits per heavy atom. The number of nitro groups is 1. The van der Waals surface area contributed by atoms with Crippen molar-refractivity contribution in [2.24, 2.45) is 0 Å². The van der Waals surface area contributed by atoms with Crippen LogP contribution in [0.25, 0.3) is 0 Å². The number of nitrogens with zero attached hydrogens (tertiary/aromatic N) is 2. The summed E-state index contributed by atoms with van der Waals surface area (Å²) in [4.78, 5) is 26.1. The first kappa shape index (κ1) is 17.9. The van der Waals surface area contributed by atoms with Crippen LogP contribution in [0, 0.1) is 10.1 Å². The molecule has 0 amide bonds. The van der Waals surface area contributed by atoms with E-state index in [0.29, 0.717) is 17.8 Å². The molecule has 24 heavy (non-hydrogen) atoms. The average molecular weight is 394 g/mol. The lowest BCUT2D eigenvalue weighted by atomic mass is 10.2. The molecule has 1 N–H and O–H groups in total. The van der Waals surface area contributed by atoms with Gasteiger partial charge in [-0.25, -0.2) is 9.78 Å². The van der Waals surface area contributed by atoms with Gasteiger partial charge in [-0.2, -0.15) is 0 Å². The molecule has 1 unspecified atom stereocenters. The predicted octanol–water partition coefficient (Wildman–Crippen LogP) is 3.80. The van der Waals surface area contributed by atoms with Crippen LogP contribution in [-0.4, -0.2) is 28.5 Å². The molecule has 0 fully saturated rings. The number of carbonyl (C=O) groups excluding carboxylic acids is 1. The van der Waals surface area contributed by atoms with Gasteiger partial charge in [0.05, 0.1) is 16.5 Å². The van der Waals surface area contributed by atoms with Crippen LogP contribution in [0.15, 0.2) is 47.1 Å². The van der Waals surface area contributed by atoms with Crippen LogP contribution in [0.5, 0.6) is 0 Å². The molecule has 0 saturated heterocycles. The van der Waals surface area contributed by atoms with E-state index in [-0.39, 0.29) is 18.3 Å². The molecule has 2 rings (SSSR count). The van der Waals surface area contributed by atoms with E-state index >= 15 is 0 Å². The lowest BCUT2D eigenvalue weighted by Gasteiger charge is -2.17. The van der Waals surface area contributed by atoms with Crippen molar-refractivity contribution in [2.75, 3.05) is 11.9 Å². The highest BCUT2D eigenvalue weighted by Crippen LogP contribution is 2.15. The van der Waals surface area contributed by atoms with Crippen LogP contribution in [0.1, 0.15) is 23.7 Å². The topological polar surface area (TPSA) is 94.4 Å². The Balaban J connectivity index is 1.92. The van der Waals surface area contributed by atoms with Gasteiger partial charge in [0.2, 0.25) is 0 Å². The molecule has 1 aromatic carbocycles. The summed E-state index contributed by atoms with van der Waals surface area (Å²) in [6.07, 6.45) is 1.88. The second-order valence-corrected chi connectivity index (χ2v) is 5.93. The van der Waals surface area contributed by atoms with Gasteiger partial charge in [-0.05, 0) is 30.7 Å². The fraction of sp³-hybridized carbons (Fsp3) is 0.250. The molecule has 1 aromatic heterocycles. The molecule has 126 valence electrons. The smallest absolute Gasteiger partial charge is 0.338 e. The fourth-order valence-electron chi connectivity index (χ4n) is 1.93. The van der Waals surface area contributed by atoms with Gasteiger partial charge in [0.15, 0.2) is 0 Å². The highest BCUT2D eigenvalue weighted by molar-refractivity contribution is 9.10. The second-order valence-electron chi connectivity index (χ2n) is 5.02. The minimum Gasteiger partial charge on any atom is -0.460 e. The summed E-state index contributed by atoms with van der Waals surface area (Å²) < 4.78 is 6.11. The number of pyridine rings is 1. The number of rotatable bonds is 7. The van der Waals surface area contributed by atoms with Crippen molar-refractivity contribution >= 4 is 33.4 Å². The monoisotopic (exact) mass is 393 g/mol. The fourth-order valence-corrected chi connectivity index (χ4v) is 2.32. The van der Waals surface area contributed by atoms with Crippen molar-refractivity contribution in [3.8, 4) is 0 Å². The molecule has 2 aromatic rings. The number of esters is 1. The Labute approximate surface area is 147 Å². The summed E-state index contributed by atoms with van der Waals surface area (Å²) in [5.74, 6) is 0.0826. The predicted molar refractivity (Wildman–Crippen MR) is 93.0 cm³/mol. The van der Waals surface area contributed by atoms with E-state index in [1.165, 1.54) is 18.3 Å². The molecule has 1 heterocycles. The first-order valence-corrected chi connectivity index (χ1v) is 8.08. The van der Waals surface area contributed by atoms with Gasteiger partial charge in [0, 0.05) is 10.5 Å². The molecule has 0 aliphatic carbocycles. The third kappa shape index (κ3) is 5.02. The van der Waals surface area contributed by atoms with Crippen molar-refractivity contribution in [3.63, 3.8) is 0 Å². The SMILES string of the molecule is CCC(COC(=O)c1cccc(Br)c1)Nc1ccc([N+](=O)[O-])cn1. The van der Waals surface area contributed by atoms with Crippen molar-refractivity contribution in [1.82, 2.24) is 4.98 Å². The van der Waals surface area contributed by atoms with Crippen molar-refractivity contribution in [1.29, 1.82) is 0 Å². The maximum atomic E-state index is 12.0. The van der Waals surface area contributed by atoms with Gasteiger partial charge in [-0.1, -0.05) is 28.9 Å². The largest absolute Gasteiger partial charge is 0.460 e. The summed E-state index contributed by atoms with van der Waals surface area (Å²) in [6.45, 7) is 2.11. The molecule has 1 atom stereocenters. The normalized spacial score (nSPS) is 11.6. The van der Waals surface area contributed by atoms with E-state index in [1.54, 1.807) is 18.2 Å².